The van der Waals surface area contributed by atoms with Crippen LogP contribution in [0.4, 0.5) is 5.69 Å². The summed E-state index contributed by atoms with van der Waals surface area (Å²) in [6.07, 6.45) is 1.95. The van der Waals surface area contributed by atoms with Gasteiger partial charge in [-0.05, 0) is 43.0 Å². The Morgan fingerprint density at radius 3 is 2.62 bits per heavy atom. The SMILES string of the molecule is CC1CCCN(S(=O)(=O)c2ccc(NCC(=O)O)cc2)C1. The highest BCUT2D eigenvalue weighted by atomic mass is 32.2. The lowest BCUT2D eigenvalue weighted by atomic mass is 10.0. The van der Waals surface area contributed by atoms with Crippen molar-refractivity contribution < 1.29 is 18.3 Å². The highest BCUT2D eigenvalue weighted by Crippen LogP contribution is 2.24. The zero-order valence-electron chi connectivity index (χ0n) is 11.9. The van der Waals surface area contributed by atoms with Crippen LogP contribution in [-0.2, 0) is 14.8 Å². The zero-order valence-corrected chi connectivity index (χ0v) is 12.8. The highest BCUT2D eigenvalue weighted by Gasteiger charge is 2.28. The molecule has 6 nitrogen and oxygen atoms in total. The molecule has 1 unspecified atom stereocenters. The summed E-state index contributed by atoms with van der Waals surface area (Å²) in [5, 5.41) is 11.3. The zero-order chi connectivity index (χ0) is 15.5. The second-order valence-electron chi connectivity index (χ2n) is 5.38. The summed E-state index contributed by atoms with van der Waals surface area (Å²) in [6, 6.07) is 6.20. The van der Waals surface area contributed by atoms with Crippen LogP contribution in [0.5, 0.6) is 0 Å². The standard InChI is InChI=1S/C14H20N2O4S/c1-11-3-2-8-16(10-11)21(19,20)13-6-4-12(5-7-13)15-9-14(17)18/h4-7,11,15H,2-3,8-10H2,1H3,(H,17,18). The summed E-state index contributed by atoms with van der Waals surface area (Å²) in [5.74, 6) is -0.584. The van der Waals surface area contributed by atoms with Gasteiger partial charge in [0.15, 0.2) is 0 Å². The van der Waals surface area contributed by atoms with E-state index in [0.717, 1.165) is 12.8 Å². The van der Waals surface area contributed by atoms with Crippen LogP contribution in [0.25, 0.3) is 0 Å². The number of rotatable bonds is 5. The molecule has 1 atom stereocenters. The molecule has 0 radical (unpaired) electrons. The van der Waals surface area contributed by atoms with Gasteiger partial charge in [-0.2, -0.15) is 4.31 Å². The summed E-state index contributed by atoms with van der Waals surface area (Å²) >= 11 is 0. The lowest BCUT2D eigenvalue weighted by Crippen LogP contribution is -2.39. The van der Waals surface area contributed by atoms with Crippen molar-refractivity contribution in [2.75, 3.05) is 25.0 Å². The molecule has 0 bridgehead atoms. The number of nitrogens with zero attached hydrogens (tertiary/aromatic N) is 1. The quantitative estimate of drug-likeness (QED) is 0.862. The number of hydrogen-bond acceptors (Lipinski definition) is 4. The molecule has 0 spiro atoms. The van der Waals surface area contributed by atoms with Crippen molar-refractivity contribution in [3.05, 3.63) is 24.3 Å². The van der Waals surface area contributed by atoms with Crippen LogP contribution in [0.15, 0.2) is 29.2 Å². The van der Waals surface area contributed by atoms with Gasteiger partial charge in [0, 0.05) is 18.8 Å². The normalized spacial score (nSPS) is 20.1. The number of aliphatic carboxylic acids is 1. The number of sulfonamides is 1. The van der Waals surface area contributed by atoms with E-state index in [9.17, 15) is 13.2 Å². The van der Waals surface area contributed by atoms with E-state index in [0.29, 0.717) is 24.7 Å². The van der Waals surface area contributed by atoms with Crippen molar-refractivity contribution in [3.8, 4) is 0 Å². The molecule has 0 amide bonds. The van der Waals surface area contributed by atoms with E-state index < -0.39 is 16.0 Å². The molecule has 21 heavy (non-hydrogen) atoms. The first-order valence-electron chi connectivity index (χ1n) is 6.95. The Morgan fingerprint density at radius 1 is 1.38 bits per heavy atom. The molecule has 1 aromatic carbocycles. The Balaban J connectivity index is 2.11. The fraction of sp³-hybridized carbons (Fsp3) is 0.500. The summed E-state index contributed by atoms with van der Waals surface area (Å²) in [4.78, 5) is 10.7. The van der Waals surface area contributed by atoms with Crippen molar-refractivity contribution in [2.24, 2.45) is 5.92 Å². The first-order valence-corrected chi connectivity index (χ1v) is 8.39. The second kappa shape index (κ2) is 6.44. The van der Waals surface area contributed by atoms with Gasteiger partial charge in [0.2, 0.25) is 10.0 Å². The minimum atomic E-state index is -3.45. The van der Waals surface area contributed by atoms with E-state index in [1.54, 1.807) is 12.1 Å². The number of nitrogens with one attached hydrogen (secondary N) is 1. The molecule has 0 saturated carbocycles. The summed E-state index contributed by atoms with van der Waals surface area (Å²) < 4.78 is 26.6. The Bertz CT molecular complexity index is 598. The number of carboxylic acids is 1. The third kappa shape index (κ3) is 3.95. The first-order chi connectivity index (χ1) is 9.89. The fourth-order valence-corrected chi connectivity index (χ4v) is 4.03. The molecule has 1 heterocycles. The van der Waals surface area contributed by atoms with Crippen LogP contribution in [0.1, 0.15) is 19.8 Å². The molecule has 116 valence electrons. The minimum Gasteiger partial charge on any atom is -0.480 e. The van der Waals surface area contributed by atoms with E-state index in [1.807, 2.05) is 0 Å². The molecular weight excluding hydrogens is 292 g/mol. The van der Waals surface area contributed by atoms with Gasteiger partial charge in [0.1, 0.15) is 6.54 Å². The third-order valence-electron chi connectivity index (χ3n) is 3.56. The number of anilines is 1. The molecule has 1 saturated heterocycles. The Morgan fingerprint density at radius 2 is 2.05 bits per heavy atom. The maximum Gasteiger partial charge on any atom is 0.322 e. The lowest BCUT2D eigenvalue weighted by molar-refractivity contribution is -0.134. The van der Waals surface area contributed by atoms with Gasteiger partial charge in [-0.25, -0.2) is 8.42 Å². The van der Waals surface area contributed by atoms with Gasteiger partial charge in [-0.3, -0.25) is 4.79 Å². The van der Waals surface area contributed by atoms with Crippen LogP contribution in [-0.4, -0.2) is 43.4 Å². The molecular formula is C14H20N2O4S. The van der Waals surface area contributed by atoms with Crippen molar-refractivity contribution in [1.82, 2.24) is 4.31 Å². The number of carboxylic acid groups (broad SMARTS) is 1. The first kappa shape index (κ1) is 15.8. The van der Waals surface area contributed by atoms with Crippen LogP contribution in [0, 0.1) is 5.92 Å². The fourth-order valence-electron chi connectivity index (χ4n) is 2.44. The molecule has 1 aromatic rings. The van der Waals surface area contributed by atoms with Crippen LogP contribution in [0.2, 0.25) is 0 Å². The maximum atomic E-state index is 12.5. The number of carbonyl (C=O) groups is 1. The molecule has 2 N–H and O–H groups in total. The van der Waals surface area contributed by atoms with Gasteiger partial charge in [-0.1, -0.05) is 6.92 Å². The lowest BCUT2D eigenvalue weighted by Gasteiger charge is -2.30. The number of piperidine rings is 1. The summed E-state index contributed by atoms with van der Waals surface area (Å²) in [5.41, 5.74) is 0.586. The summed E-state index contributed by atoms with van der Waals surface area (Å²) in [6.45, 7) is 2.98. The topological polar surface area (TPSA) is 86.7 Å². The molecule has 1 fully saturated rings. The predicted octanol–water partition coefficient (Wildman–Crippen LogP) is 1.60. The van der Waals surface area contributed by atoms with Gasteiger partial charge in [0.25, 0.3) is 0 Å². The van der Waals surface area contributed by atoms with Gasteiger partial charge in [-0.15, -0.1) is 0 Å². The maximum absolute atomic E-state index is 12.5. The van der Waals surface area contributed by atoms with E-state index >= 15 is 0 Å². The molecule has 1 aliphatic heterocycles. The molecule has 0 aromatic heterocycles. The van der Waals surface area contributed by atoms with Gasteiger partial charge in [0.05, 0.1) is 4.90 Å². The molecule has 7 heteroatoms. The molecule has 0 aliphatic carbocycles. The largest absolute Gasteiger partial charge is 0.480 e. The van der Waals surface area contributed by atoms with Crippen LogP contribution < -0.4 is 5.32 Å². The minimum absolute atomic E-state index is 0.199. The van der Waals surface area contributed by atoms with E-state index in [4.69, 9.17) is 5.11 Å². The molecule has 2 rings (SSSR count). The van der Waals surface area contributed by atoms with Crippen molar-refractivity contribution in [2.45, 2.75) is 24.7 Å². The monoisotopic (exact) mass is 312 g/mol. The van der Waals surface area contributed by atoms with Crippen molar-refractivity contribution in [3.63, 3.8) is 0 Å². The van der Waals surface area contributed by atoms with Gasteiger partial charge < -0.3 is 10.4 Å². The second-order valence-corrected chi connectivity index (χ2v) is 7.32. The number of benzene rings is 1. The Hall–Kier alpha value is -1.60. The van der Waals surface area contributed by atoms with E-state index in [2.05, 4.69) is 12.2 Å². The summed E-state index contributed by atoms with van der Waals surface area (Å²) in [7, 11) is -3.45. The third-order valence-corrected chi connectivity index (χ3v) is 5.43. The van der Waals surface area contributed by atoms with Crippen molar-refractivity contribution >= 4 is 21.7 Å². The Kier molecular flexibility index (Phi) is 4.84. The Labute approximate surface area is 124 Å². The average molecular weight is 312 g/mol. The molecule has 1 aliphatic rings. The average Bonchev–Trinajstić information content (AvgIpc) is 2.45. The predicted molar refractivity (Wildman–Crippen MR) is 79.7 cm³/mol. The van der Waals surface area contributed by atoms with Crippen LogP contribution in [0.3, 0.4) is 0 Å². The number of hydrogen-bond donors (Lipinski definition) is 2. The van der Waals surface area contributed by atoms with Crippen LogP contribution >= 0.6 is 0 Å². The van der Waals surface area contributed by atoms with E-state index in [1.165, 1.54) is 16.4 Å². The highest BCUT2D eigenvalue weighted by molar-refractivity contribution is 7.89. The van der Waals surface area contributed by atoms with Gasteiger partial charge >= 0.3 is 5.97 Å². The van der Waals surface area contributed by atoms with Crippen molar-refractivity contribution in [1.29, 1.82) is 0 Å². The van der Waals surface area contributed by atoms with E-state index in [-0.39, 0.29) is 11.4 Å². The smallest absolute Gasteiger partial charge is 0.322 e.